The van der Waals surface area contributed by atoms with E-state index in [1.54, 1.807) is 6.20 Å². The van der Waals surface area contributed by atoms with Crippen LogP contribution in [0, 0.1) is 0 Å². The highest BCUT2D eigenvalue weighted by molar-refractivity contribution is 5.95. The molecule has 26 heavy (non-hydrogen) atoms. The van der Waals surface area contributed by atoms with Gasteiger partial charge in [0.1, 0.15) is 0 Å². The first-order valence-corrected chi connectivity index (χ1v) is 9.82. The predicted octanol–water partition coefficient (Wildman–Crippen LogP) is 4.57. The van der Waals surface area contributed by atoms with Crippen molar-refractivity contribution < 1.29 is 4.79 Å². The highest BCUT2D eigenvalue weighted by atomic mass is 16.2. The molecule has 2 aliphatic rings. The minimum Gasteiger partial charge on any atom is -0.337 e. The van der Waals surface area contributed by atoms with E-state index in [-0.39, 0.29) is 5.91 Å². The number of rotatable bonds is 3. The van der Waals surface area contributed by atoms with Gasteiger partial charge in [-0.25, -0.2) is 0 Å². The fourth-order valence-corrected chi connectivity index (χ4v) is 4.49. The number of carbonyl (C=O) groups is 1. The van der Waals surface area contributed by atoms with Gasteiger partial charge in [0.25, 0.3) is 5.91 Å². The summed E-state index contributed by atoms with van der Waals surface area (Å²) in [7, 11) is 0. The number of nitrogens with zero attached hydrogens (tertiary/aromatic N) is 3. The fourth-order valence-electron chi connectivity index (χ4n) is 4.49. The lowest BCUT2D eigenvalue weighted by atomic mass is 9.99. The molecule has 0 aliphatic carbocycles. The van der Waals surface area contributed by atoms with Gasteiger partial charge in [-0.2, -0.15) is 0 Å². The molecule has 0 bridgehead atoms. The molecule has 0 radical (unpaired) electrons. The molecule has 4 rings (SSSR count). The molecule has 0 N–H and O–H groups in total. The Labute approximate surface area is 155 Å². The van der Waals surface area contributed by atoms with Gasteiger partial charge in [-0.05, 0) is 56.7 Å². The first-order valence-electron chi connectivity index (χ1n) is 9.82. The zero-order valence-electron chi connectivity index (χ0n) is 15.7. The molecule has 1 fully saturated rings. The summed E-state index contributed by atoms with van der Waals surface area (Å²) in [5, 5.41) is 0. The molecule has 1 aromatic heterocycles. The van der Waals surface area contributed by atoms with Crippen molar-refractivity contribution in [2.45, 2.75) is 58.0 Å². The van der Waals surface area contributed by atoms with Crippen molar-refractivity contribution >= 4 is 17.3 Å². The largest absolute Gasteiger partial charge is 0.337 e. The SMILES string of the molecule is CCC1CCCCN1C(=O)c1cncc(N2c3ccccc3CC2C)c1. The number of anilines is 2. The highest BCUT2D eigenvalue weighted by Crippen LogP contribution is 2.38. The van der Waals surface area contributed by atoms with E-state index in [9.17, 15) is 4.79 Å². The zero-order valence-corrected chi connectivity index (χ0v) is 15.7. The van der Waals surface area contributed by atoms with Gasteiger partial charge in [0.15, 0.2) is 0 Å². The molecule has 4 nitrogen and oxygen atoms in total. The van der Waals surface area contributed by atoms with E-state index in [1.807, 2.05) is 12.3 Å². The Kier molecular flexibility index (Phi) is 4.66. The van der Waals surface area contributed by atoms with Crippen LogP contribution in [0.25, 0.3) is 0 Å². The number of hydrogen-bond acceptors (Lipinski definition) is 3. The molecule has 2 aromatic rings. The van der Waals surface area contributed by atoms with Crippen LogP contribution >= 0.6 is 0 Å². The van der Waals surface area contributed by atoms with Crippen LogP contribution in [0.5, 0.6) is 0 Å². The second-order valence-corrected chi connectivity index (χ2v) is 7.54. The summed E-state index contributed by atoms with van der Waals surface area (Å²) in [5.74, 6) is 0.131. The second-order valence-electron chi connectivity index (χ2n) is 7.54. The maximum atomic E-state index is 13.1. The summed E-state index contributed by atoms with van der Waals surface area (Å²) in [4.78, 5) is 21.9. The first kappa shape index (κ1) is 17.1. The normalized spacial score (nSPS) is 22.4. The minimum atomic E-state index is 0.131. The van der Waals surface area contributed by atoms with Crippen molar-refractivity contribution in [3.05, 3.63) is 53.9 Å². The Balaban J connectivity index is 1.64. The number of benzene rings is 1. The van der Waals surface area contributed by atoms with E-state index in [2.05, 4.69) is 52.9 Å². The zero-order chi connectivity index (χ0) is 18.1. The smallest absolute Gasteiger partial charge is 0.255 e. The van der Waals surface area contributed by atoms with Crippen LogP contribution < -0.4 is 4.90 Å². The Bertz CT molecular complexity index is 803. The van der Waals surface area contributed by atoms with Gasteiger partial charge in [0, 0.05) is 30.5 Å². The van der Waals surface area contributed by atoms with Crippen molar-refractivity contribution in [1.82, 2.24) is 9.88 Å². The Morgan fingerprint density at radius 3 is 2.92 bits per heavy atom. The lowest BCUT2D eigenvalue weighted by molar-refractivity contribution is 0.0607. The van der Waals surface area contributed by atoms with Gasteiger partial charge >= 0.3 is 0 Å². The molecule has 136 valence electrons. The maximum Gasteiger partial charge on any atom is 0.255 e. The molecular formula is C22H27N3O. The molecule has 1 saturated heterocycles. The third-order valence-electron chi connectivity index (χ3n) is 5.82. The molecule has 0 spiro atoms. The monoisotopic (exact) mass is 349 g/mol. The van der Waals surface area contributed by atoms with Crippen LogP contribution in [0.1, 0.15) is 55.5 Å². The lowest BCUT2D eigenvalue weighted by Gasteiger charge is -2.35. The minimum absolute atomic E-state index is 0.131. The topological polar surface area (TPSA) is 36.4 Å². The molecule has 2 atom stereocenters. The van der Waals surface area contributed by atoms with Crippen LogP contribution in [-0.2, 0) is 6.42 Å². The van der Waals surface area contributed by atoms with E-state index in [0.29, 0.717) is 17.6 Å². The van der Waals surface area contributed by atoms with E-state index in [4.69, 9.17) is 0 Å². The molecule has 1 aromatic carbocycles. The van der Waals surface area contributed by atoms with Gasteiger partial charge in [-0.1, -0.05) is 25.1 Å². The number of carbonyl (C=O) groups excluding carboxylic acids is 1. The predicted molar refractivity (Wildman–Crippen MR) is 105 cm³/mol. The lowest BCUT2D eigenvalue weighted by Crippen LogP contribution is -2.43. The average molecular weight is 349 g/mol. The molecule has 0 saturated carbocycles. The number of likely N-dealkylation sites (tertiary alicyclic amines) is 1. The third kappa shape index (κ3) is 2.98. The number of amides is 1. The van der Waals surface area contributed by atoms with E-state index in [1.165, 1.54) is 17.7 Å². The molecule has 1 amide bonds. The summed E-state index contributed by atoms with van der Waals surface area (Å²) >= 11 is 0. The number of piperidine rings is 1. The Morgan fingerprint density at radius 1 is 1.23 bits per heavy atom. The first-order chi connectivity index (χ1) is 12.7. The summed E-state index contributed by atoms with van der Waals surface area (Å²) in [6.45, 7) is 5.27. The molecule has 3 heterocycles. The van der Waals surface area contributed by atoms with Crippen LogP contribution in [-0.4, -0.2) is 34.4 Å². The standard InChI is InChI=1S/C22H27N3O/c1-3-19-9-6-7-11-24(19)22(26)18-13-20(15-23-14-18)25-16(2)12-17-8-4-5-10-21(17)25/h4-5,8,10,13-16,19H,3,6-7,9,11-12H2,1-2H3. The average Bonchev–Trinajstić information content (AvgIpc) is 3.03. The molecule has 2 aliphatic heterocycles. The van der Waals surface area contributed by atoms with Crippen LogP contribution in [0.15, 0.2) is 42.7 Å². The van der Waals surface area contributed by atoms with Gasteiger partial charge in [-0.15, -0.1) is 0 Å². The summed E-state index contributed by atoms with van der Waals surface area (Å²) in [6.07, 6.45) is 9.09. The van der Waals surface area contributed by atoms with Crippen molar-refractivity contribution in [1.29, 1.82) is 0 Å². The van der Waals surface area contributed by atoms with Gasteiger partial charge < -0.3 is 9.80 Å². The number of para-hydroxylation sites is 1. The van der Waals surface area contributed by atoms with E-state index >= 15 is 0 Å². The quantitative estimate of drug-likeness (QED) is 0.814. The van der Waals surface area contributed by atoms with Gasteiger partial charge in [0.2, 0.25) is 0 Å². The molecule has 2 unspecified atom stereocenters. The number of pyridine rings is 1. The number of fused-ring (bicyclic) bond motifs is 1. The fraction of sp³-hybridized carbons (Fsp3) is 0.455. The van der Waals surface area contributed by atoms with Crippen LogP contribution in [0.3, 0.4) is 0 Å². The Hall–Kier alpha value is -2.36. The Morgan fingerprint density at radius 2 is 2.08 bits per heavy atom. The van der Waals surface area contributed by atoms with E-state index in [0.717, 1.165) is 37.9 Å². The third-order valence-corrected chi connectivity index (χ3v) is 5.82. The second kappa shape index (κ2) is 7.10. The summed E-state index contributed by atoms with van der Waals surface area (Å²) in [6, 6.07) is 11.3. The summed E-state index contributed by atoms with van der Waals surface area (Å²) < 4.78 is 0. The van der Waals surface area contributed by atoms with Crippen molar-refractivity contribution in [2.75, 3.05) is 11.4 Å². The molecular weight excluding hydrogens is 322 g/mol. The van der Waals surface area contributed by atoms with Crippen molar-refractivity contribution in [3.8, 4) is 0 Å². The number of hydrogen-bond donors (Lipinski definition) is 0. The van der Waals surface area contributed by atoms with Gasteiger partial charge in [0.05, 0.1) is 17.4 Å². The van der Waals surface area contributed by atoms with Crippen LogP contribution in [0.4, 0.5) is 11.4 Å². The van der Waals surface area contributed by atoms with Crippen molar-refractivity contribution in [3.63, 3.8) is 0 Å². The molecule has 4 heteroatoms. The van der Waals surface area contributed by atoms with Gasteiger partial charge in [-0.3, -0.25) is 9.78 Å². The number of aromatic nitrogens is 1. The summed E-state index contributed by atoms with van der Waals surface area (Å²) in [5.41, 5.74) is 4.31. The van der Waals surface area contributed by atoms with Crippen molar-refractivity contribution in [2.24, 2.45) is 0 Å². The maximum absolute atomic E-state index is 13.1. The van der Waals surface area contributed by atoms with Crippen LogP contribution in [0.2, 0.25) is 0 Å². The highest BCUT2D eigenvalue weighted by Gasteiger charge is 2.29. The van der Waals surface area contributed by atoms with E-state index < -0.39 is 0 Å².